The molecule has 1 heterocycles. The topological polar surface area (TPSA) is 49.4 Å². The van der Waals surface area contributed by atoms with Crippen molar-refractivity contribution < 1.29 is 18.4 Å². The fourth-order valence-corrected chi connectivity index (χ4v) is 2.65. The van der Waals surface area contributed by atoms with Crippen molar-refractivity contribution in [3.63, 3.8) is 0 Å². The van der Waals surface area contributed by atoms with E-state index in [1.165, 1.54) is 47.4 Å². The molecule has 118 valence electrons. The largest absolute Gasteiger partial charge is 0.324 e. The first-order valence-corrected chi connectivity index (χ1v) is 7.18. The monoisotopic (exact) mass is 316 g/mol. The van der Waals surface area contributed by atoms with Crippen LogP contribution < -0.4 is 10.2 Å². The van der Waals surface area contributed by atoms with Gasteiger partial charge in [0.2, 0.25) is 11.8 Å². The minimum atomic E-state index is -0.698. The van der Waals surface area contributed by atoms with E-state index in [1.807, 2.05) is 0 Å². The standard InChI is InChI=1S/C17H14F2N2O2/c18-11-4-6-14(7-5-11)21-15(8-9-16(21)22)17(23)20-13-3-1-2-12(19)10-13/h1-7,10,15H,8-9H2,(H,20,23). The average Bonchev–Trinajstić information content (AvgIpc) is 2.90. The second-order valence-corrected chi connectivity index (χ2v) is 5.29. The Hall–Kier alpha value is -2.76. The minimum absolute atomic E-state index is 0.198. The van der Waals surface area contributed by atoms with E-state index in [0.717, 1.165) is 0 Å². The van der Waals surface area contributed by atoms with E-state index in [-0.39, 0.29) is 12.3 Å². The number of anilines is 2. The number of nitrogens with zero attached hydrogens (tertiary/aromatic N) is 1. The normalized spacial score (nSPS) is 17.4. The lowest BCUT2D eigenvalue weighted by molar-refractivity contribution is -0.120. The highest BCUT2D eigenvalue weighted by Gasteiger charge is 2.37. The molecule has 0 bridgehead atoms. The number of nitrogens with one attached hydrogen (secondary N) is 1. The second kappa shape index (κ2) is 6.16. The molecule has 0 saturated carbocycles. The van der Waals surface area contributed by atoms with E-state index >= 15 is 0 Å². The van der Waals surface area contributed by atoms with Crippen LogP contribution in [0.2, 0.25) is 0 Å². The molecule has 1 aliphatic rings. The van der Waals surface area contributed by atoms with Crippen LogP contribution in [0.1, 0.15) is 12.8 Å². The van der Waals surface area contributed by atoms with Gasteiger partial charge in [-0.15, -0.1) is 0 Å². The SMILES string of the molecule is O=C(Nc1cccc(F)c1)C1CCC(=O)N1c1ccc(F)cc1. The Morgan fingerprint density at radius 3 is 2.52 bits per heavy atom. The molecule has 1 atom stereocenters. The van der Waals surface area contributed by atoms with Gasteiger partial charge in [0.05, 0.1) is 0 Å². The first-order valence-electron chi connectivity index (χ1n) is 7.18. The minimum Gasteiger partial charge on any atom is -0.324 e. The van der Waals surface area contributed by atoms with Crippen LogP contribution in [0.4, 0.5) is 20.2 Å². The lowest BCUT2D eigenvalue weighted by atomic mass is 10.2. The third kappa shape index (κ3) is 3.21. The predicted molar refractivity (Wildman–Crippen MR) is 81.9 cm³/mol. The van der Waals surface area contributed by atoms with Crippen molar-refractivity contribution >= 4 is 23.2 Å². The summed E-state index contributed by atoms with van der Waals surface area (Å²) < 4.78 is 26.2. The van der Waals surface area contributed by atoms with E-state index in [9.17, 15) is 18.4 Å². The summed E-state index contributed by atoms with van der Waals surface area (Å²) in [6, 6.07) is 10.2. The van der Waals surface area contributed by atoms with Crippen LogP contribution >= 0.6 is 0 Å². The molecule has 1 N–H and O–H groups in total. The molecule has 6 heteroatoms. The van der Waals surface area contributed by atoms with Crippen molar-refractivity contribution in [2.24, 2.45) is 0 Å². The zero-order valence-electron chi connectivity index (χ0n) is 12.1. The summed E-state index contributed by atoms with van der Waals surface area (Å²) in [4.78, 5) is 25.8. The van der Waals surface area contributed by atoms with Gasteiger partial charge in [0.25, 0.3) is 0 Å². The third-order valence-electron chi connectivity index (χ3n) is 3.71. The maximum Gasteiger partial charge on any atom is 0.247 e. The number of hydrogen-bond donors (Lipinski definition) is 1. The van der Waals surface area contributed by atoms with E-state index in [0.29, 0.717) is 17.8 Å². The zero-order valence-corrected chi connectivity index (χ0v) is 12.1. The molecule has 1 saturated heterocycles. The van der Waals surface area contributed by atoms with Crippen LogP contribution in [0.5, 0.6) is 0 Å². The molecular weight excluding hydrogens is 302 g/mol. The van der Waals surface area contributed by atoms with Gasteiger partial charge in [-0.2, -0.15) is 0 Å². The highest BCUT2D eigenvalue weighted by atomic mass is 19.1. The fraction of sp³-hybridized carbons (Fsp3) is 0.176. The maximum atomic E-state index is 13.2. The molecule has 2 amide bonds. The average molecular weight is 316 g/mol. The van der Waals surface area contributed by atoms with Crippen LogP contribution in [0.15, 0.2) is 48.5 Å². The molecule has 0 spiro atoms. The van der Waals surface area contributed by atoms with Gasteiger partial charge in [0.1, 0.15) is 17.7 Å². The highest BCUT2D eigenvalue weighted by molar-refractivity contribution is 6.07. The number of rotatable bonds is 3. The lowest BCUT2D eigenvalue weighted by Gasteiger charge is -2.24. The van der Waals surface area contributed by atoms with Crippen molar-refractivity contribution in [3.05, 3.63) is 60.2 Å². The molecule has 3 rings (SSSR count). The molecule has 1 aliphatic heterocycles. The summed E-state index contributed by atoms with van der Waals surface area (Å²) >= 11 is 0. The number of hydrogen-bond acceptors (Lipinski definition) is 2. The Morgan fingerprint density at radius 1 is 1.09 bits per heavy atom. The van der Waals surface area contributed by atoms with Crippen molar-refractivity contribution in [3.8, 4) is 0 Å². The zero-order chi connectivity index (χ0) is 16.4. The van der Waals surface area contributed by atoms with Crippen molar-refractivity contribution in [2.45, 2.75) is 18.9 Å². The Morgan fingerprint density at radius 2 is 1.83 bits per heavy atom. The number of carbonyl (C=O) groups excluding carboxylic acids is 2. The Kier molecular flexibility index (Phi) is 4.06. The van der Waals surface area contributed by atoms with Gasteiger partial charge in [-0.1, -0.05) is 6.07 Å². The highest BCUT2D eigenvalue weighted by Crippen LogP contribution is 2.27. The third-order valence-corrected chi connectivity index (χ3v) is 3.71. The van der Waals surface area contributed by atoms with Gasteiger partial charge in [-0.25, -0.2) is 8.78 Å². The van der Waals surface area contributed by atoms with E-state index in [4.69, 9.17) is 0 Å². The smallest absolute Gasteiger partial charge is 0.247 e. The van der Waals surface area contributed by atoms with Crippen LogP contribution in [0.25, 0.3) is 0 Å². The number of carbonyl (C=O) groups is 2. The molecule has 1 fully saturated rings. The van der Waals surface area contributed by atoms with Gasteiger partial charge in [0, 0.05) is 17.8 Å². The molecule has 0 radical (unpaired) electrons. The van der Waals surface area contributed by atoms with Gasteiger partial charge >= 0.3 is 0 Å². The van der Waals surface area contributed by atoms with E-state index in [2.05, 4.69) is 5.32 Å². The molecular formula is C17H14F2N2O2. The molecule has 0 aromatic heterocycles. The summed E-state index contributed by atoms with van der Waals surface area (Å²) in [7, 11) is 0. The predicted octanol–water partition coefficient (Wildman–Crippen LogP) is 3.10. The second-order valence-electron chi connectivity index (χ2n) is 5.29. The molecule has 2 aromatic carbocycles. The molecule has 23 heavy (non-hydrogen) atoms. The molecule has 0 aliphatic carbocycles. The van der Waals surface area contributed by atoms with Crippen molar-refractivity contribution in [1.29, 1.82) is 0 Å². The van der Waals surface area contributed by atoms with Gasteiger partial charge in [0.15, 0.2) is 0 Å². The van der Waals surface area contributed by atoms with Gasteiger partial charge in [-0.05, 0) is 48.9 Å². The van der Waals surface area contributed by atoms with Crippen molar-refractivity contribution in [1.82, 2.24) is 0 Å². The quantitative estimate of drug-likeness (QED) is 0.946. The Bertz CT molecular complexity index is 747. The molecule has 2 aromatic rings. The molecule has 1 unspecified atom stereocenters. The van der Waals surface area contributed by atoms with Crippen molar-refractivity contribution in [2.75, 3.05) is 10.2 Å². The lowest BCUT2D eigenvalue weighted by Crippen LogP contribution is -2.41. The Labute approximate surface area is 131 Å². The van der Waals surface area contributed by atoms with Gasteiger partial charge in [-0.3, -0.25) is 14.5 Å². The van der Waals surface area contributed by atoms with E-state index in [1.54, 1.807) is 6.07 Å². The van der Waals surface area contributed by atoms with Crippen LogP contribution in [-0.4, -0.2) is 17.9 Å². The van der Waals surface area contributed by atoms with Gasteiger partial charge < -0.3 is 5.32 Å². The summed E-state index contributed by atoms with van der Waals surface area (Å²) in [5, 5.41) is 2.61. The molecule has 4 nitrogen and oxygen atoms in total. The summed E-state index contributed by atoms with van der Waals surface area (Å²) in [6.45, 7) is 0. The van der Waals surface area contributed by atoms with Crippen LogP contribution in [-0.2, 0) is 9.59 Å². The van der Waals surface area contributed by atoms with Crippen LogP contribution in [0, 0.1) is 11.6 Å². The summed E-state index contributed by atoms with van der Waals surface area (Å²) in [5.74, 6) is -1.47. The van der Waals surface area contributed by atoms with E-state index < -0.39 is 23.6 Å². The van der Waals surface area contributed by atoms with Crippen LogP contribution in [0.3, 0.4) is 0 Å². The first-order chi connectivity index (χ1) is 11.0. The number of benzene rings is 2. The summed E-state index contributed by atoms with van der Waals surface area (Å²) in [6.07, 6.45) is 0.593. The Balaban J connectivity index is 1.81. The fourth-order valence-electron chi connectivity index (χ4n) is 2.65. The maximum absolute atomic E-state index is 13.2. The summed E-state index contributed by atoms with van der Waals surface area (Å²) in [5.41, 5.74) is 0.793. The first kappa shape index (κ1) is 15.1. The number of halogens is 2. The number of amides is 2.